The minimum absolute atomic E-state index is 0.615. The van der Waals surface area contributed by atoms with Gasteiger partial charge in [-0.2, -0.15) is 0 Å². The van der Waals surface area contributed by atoms with E-state index in [1.807, 2.05) is 6.07 Å². The molecule has 0 N–H and O–H groups in total. The zero-order chi connectivity index (χ0) is 12.3. The van der Waals surface area contributed by atoms with Crippen molar-refractivity contribution < 1.29 is 0 Å². The van der Waals surface area contributed by atoms with Gasteiger partial charge in [0.15, 0.2) is 0 Å². The van der Waals surface area contributed by atoms with E-state index in [4.69, 9.17) is 23.8 Å². The molecule has 1 nitrogen and oxygen atoms in total. The molecular weight excluding hydrogens is 250 g/mol. The molecule has 0 bridgehead atoms. The number of halogens is 1. The molecule has 2 rings (SSSR count). The zero-order valence-electron chi connectivity index (χ0n) is 9.48. The van der Waals surface area contributed by atoms with Gasteiger partial charge in [-0.05, 0) is 18.6 Å². The van der Waals surface area contributed by atoms with Crippen LogP contribution in [0.25, 0.3) is 0 Å². The maximum Gasteiger partial charge on any atom is 0.0672 e. The number of aromatic nitrogens is 1. The van der Waals surface area contributed by atoms with E-state index in [9.17, 15) is 0 Å². The molecule has 0 spiro atoms. The van der Waals surface area contributed by atoms with Crippen molar-refractivity contribution in [3.05, 3.63) is 64.4 Å². The Balaban J connectivity index is 2.17. The van der Waals surface area contributed by atoms with Crippen LogP contribution in [0.3, 0.4) is 0 Å². The fourth-order valence-electron chi connectivity index (χ4n) is 1.59. The minimum atomic E-state index is 0.615. The normalized spacial score (nSPS) is 10.2. The molecule has 2 aromatic rings. The topological polar surface area (TPSA) is 12.9 Å². The summed E-state index contributed by atoms with van der Waals surface area (Å²) in [4.78, 5) is 4.80. The van der Waals surface area contributed by atoms with Gasteiger partial charge in [-0.1, -0.05) is 53.6 Å². The van der Waals surface area contributed by atoms with Gasteiger partial charge in [-0.15, -0.1) is 0 Å². The monoisotopic (exact) mass is 261 g/mol. The molecule has 0 fully saturated rings. The summed E-state index contributed by atoms with van der Waals surface area (Å²) in [5.74, 6) is 0. The molecule has 0 radical (unpaired) electrons. The predicted octanol–water partition coefficient (Wildman–Crippen LogP) is 4.00. The Kier molecular flexibility index (Phi) is 3.87. The standard InChI is InChI=1S/C14H12ClNS/c1-10-2-4-11(5-3-10)8-14(17)12-6-7-16-9-13(12)15/h2-7,9H,8H2,1H3. The third-order valence-electron chi connectivity index (χ3n) is 2.56. The summed E-state index contributed by atoms with van der Waals surface area (Å²) in [6.07, 6.45) is 4.07. The Labute approximate surface area is 111 Å². The molecule has 3 heteroatoms. The molecule has 17 heavy (non-hydrogen) atoms. The van der Waals surface area contributed by atoms with Crippen LogP contribution in [0, 0.1) is 6.92 Å². The summed E-state index contributed by atoms with van der Waals surface area (Å²) in [6, 6.07) is 10.2. The van der Waals surface area contributed by atoms with E-state index in [0.29, 0.717) is 5.02 Å². The minimum Gasteiger partial charge on any atom is -0.263 e. The molecule has 1 heterocycles. The quantitative estimate of drug-likeness (QED) is 0.612. The van der Waals surface area contributed by atoms with E-state index in [1.54, 1.807) is 12.4 Å². The van der Waals surface area contributed by atoms with Crippen molar-refractivity contribution in [3.8, 4) is 0 Å². The van der Waals surface area contributed by atoms with Crippen LogP contribution in [-0.2, 0) is 6.42 Å². The smallest absolute Gasteiger partial charge is 0.0672 e. The largest absolute Gasteiger partial charge is 0.263 e. The van der Waals surface area contributed by atoms with Crippen LogP contribution in [0.2, 0.25) is 5.02 Å². The van der Waals surface area contributed by atoms with Gasteiger partial charge >= 0.3 is 0 Å². The molecule has 0 saturated carbocycles. The van der Waals surface area contributed by atoms with Gasteiger partial charge in [0.25, 0.3) is 0 Å². The highest BCUT2D eigenvalue weighted by Crippen LogP contribution is 2.17. The van der Waals surface area contributed by atoms with Crippen LogP contribution in [0.5, 0.6) is 0 Å². The maximum absolute atomic E-state index is 6.06. The number of nitrogens with zero attached hydrogens (tertiary/aromatic N) is 1. The lowest BCUT2D eigenvalue weighted by Crippen LogP contribution is -2.03. The molecule has 0 atom stereocenters. The average Bonchev–Trinajstić information content (AvgIpc) is 2.32. The highest BCUT2D eigenvalue weighted by Gasteiger charge is 2.06. The van der Waals surface area contributed by atoms with Crippen LogP contribution in [0.4, 0.5) is 0 Å². The Morgan fingerprint density at radius 1 is 1.24 bits per heavy atom. The van der Waals surface area contributed by atoms with Crippen LogP contribution < -0.4 is 0 Å². The molecule has 0 aliphatic heterocycles. The van der Waals surface area contributed by atoms with Gasteiger partial charge < -0.3 is 0 Å². The average molecular weight is 262 g/mol. The predicted molar refractivity (Wildman–Crippen MR) is 75.8 cm³/mol. The molecule has 0 amide bonds. The third-order valence-corrected chi connectivity index (χ3v) is 3.22. The Morgan fingerprint density at radius 2 is 1.94 bits per heavy atom. The van der Waals surface area contributed by atoms with Crippen LogP contribution in [-0.4, -0.2) is 9.85 Å². The fourth-order valence-corrected chi connectivity index (χ4v) is 2.22. The van der Waals surface area contributed by atoms with E-state index in [1.165, 1.54) is 11.1 Å². The Bertz CT molecular complexity index is 534. The fraction of sp³-hybridized carbons (Fsp3) is 0.143. The first-order chi connectivity index (χ1) is 8.16. The highest BCUT2D eigenvalue weighted by atomic mass is 35.5. The second kappa shape index (κ2) is 5.39. The number of pyridine rings is 1. The Morgan fingerprint density at radius 3 is 2.59 bits per heavy atom. The zero-order valence-corrected chi connectivity index (χ0v) is 11.1. The van der Waals surface area contributed by atoms with Gasteiger partial charge in [0.1, 0.15) is 0 Å². The SMILES string of the molecule is Cc1ccc(CC(=S)c2ccncc2Cl)cc1. The van der Waals surface area contributed by atoms with Gasteiger partial charge in [0, 0.05) is 29.2 Å². The number of rotatable bonds is 3. The van der Waals surface area contributed by atoms with Crippen molar-refractivity contribution in [2.75, 3.05) is 0 Å². The van der Waals surface area contributed by atoms with E-state index in [2.05, 4.69) is 36.2 Å². The lowest BCUT2D eigenvalue weighted by atomic mass is 10.0. The van der Waals surface area contributed by atoms with E-state index in [0.717, 1.165) is 16.8 Å². The number of benzene rings is 1. The molecule has 0 aliphatic carbocycles. The van der Waals surface area contributed by atoms with Gasteiger partial charge in [-0.25, -0.2) is 0 Å². The maximum atomic E-state index is 6.06. The van der Waals surface area contributed by atoms with Crippen LogP contribution >= 0.6 is 23.8 Å². The molecular formula is C14H12ClNS. The molecule has 0 saturated heterocycles. The van der Waals surface area contributed by atoms with Gasteiger partial charge in [0.2, 0.25) is 0 Å². The van der Waals surface area contributed by atoms with Crippen LogP contribution in [0.15, 0.2) is 42.7 Å². The molecule has 1 aromatic heterocycles. The van der Waals surface area contributed by atoms with Crippen molar-refractivity contribution in [1.29, 1.82) is 0 Å². The van der Waals surface area contributed by atoms with Crippen molar-refractivity contribution >= 4 is 28.7 Å². The van der Waals surface area contributed by atoms with E-state index < -0.39 is 0 Å². The summed E-state index contributed by atoms with van der Waals surface area (Å²) in [7, 11) is 0. The highest BCUT2D eigenvalue weighted by molar-refractivity contribution is 7.80. The molecule has 0 unspecified atom stereocenters. The van der Waals surface area contributed by atoms with Crippen molar-refractivity contribution in [2.45, 2.75) is 13.3 Å². The second-order valence-corrected chi connectivity index (χ2v) is 4.84. The number of aryl methyl sites for hydroxylation is 1. The second-order valence-electron chi connectivity index (χ2n) is 3.94. The summed E-state index contributed by atoms with van der Waals surface area (Å²) < 4.78 is 0. The first-order valence-electron chi connectivity index (χ1n) is 5.35. The van der Waals surface area contributed by atoms with E-state index in [-0.39, 0.29) is 0 Å². The third kappa shape index (κ3) is 3.11. The van der Waals surface area contributed by atoms with Gasteiger partial charge in [-0.3, -0.25) is 4.98 Å². The molecule has 1 aromatic carbocycles. The lowest BCUT2D eigenvalue weighted by molar-refractivity contribution is 1.29. The van der Waals surface area contributed by atoms with Crippen LogP contribution in [0.1, 0.15) is 16.7 Å². The Hall–Kier alpha value is -1.25. The summed E-state index contributed by atoms with van der Waals surface area (Å²) in [6.45, 7) is 2.07. The number of thiocarbonyl (C=S) groups is 1. The van der Waals surface area contributed by atoms with Crippen molar-refractivity contribution in [3.63, 3.8) is 0 Å². The number of hydrogen-bond donors (Lipinski definition) is 0. The summed E-state index contributed by atoms with van der Waals surface area (Å²) in [5.41, 5.74) is 3.35. The summed E-state index contributed by atoms with van der Waals surface area (Å²) in [5, 5.41) is 0.615. The van der Waals surface area contributed by atoms with Gasteiger partial charge in [0.05, 0.1) is 5.02 Å². The molecule has 0 aliphatic rings. The van der Waals surface area contributed by atoms with Crippen molar-refractivity contribution in [1.82, 2.24) is 4.98 Å². The number of hydrogen-bond acceptors (Lipinski definition) is 2. The molecule has 86 valence electrons. The lowest BCUT2D eigenvalue weighted by Gasteiger charge is -2.06. The summed E-state index contributed by atoms with van der Waals surface area (Å²) >= 11 is 11.5. The van der Waals surface area contributed by atoms with E-state index >= 15 is 0 Å². The first-order valence-corrected chi connectivity index (χ1v) is 6.13. The van der Waals surface area contributed by atoms with Crippen molar-refractivity contribution in [2.24, 2.45) is 0 Å². The first kappa shape index (κ1) is 12.2.